The summed E-state index contributed by atoms with van der Waals surface area (Å²) < 4.78 is 33.7. The molecule has 7 N–H and O–H groups in total. The Kier molecular flexibility index (Phi) is 44.0. The van der Waals surface area contributed by atoms with Crippen LogP contribution in [0, 0.1) is 0 Å². The van der Waals surface area contributed by atoms with Crippen LogP contribution in [0.3, 0.4) is 0 Å². The second kappa shape index (κ2) is 47.8. The number of esters is 2. The van der Waals surface area contributed by atoms with E-state index in [1.165, 1.54) is 154 Å². The highest BCUT2D eigenvalue weighted by Gasteiger charge is 2.47. The molecule has 2 fully saturated rings. The maximum Gasteiger partial charge on any atom is 0.306 e. The number of aliphatic hydroxyl groups excluding tert-OH is 7. The molecule has 0 aromatic heterocycles. The highest BCUT2D eigenvalue weighted by molar-refractivity contribution is 5.70. The van der Waals surface area contributed by atoms with Crippen molar-refractivity contribution in [2.24, 2.45) is 0 Å². The minimum Gasteiger partial charge on any atom is -0.462 e. The first-order chi connectivity index (χ1) is 37.0. The summed E-state index contributed by atoms with van der Waals surface area (Å²) in [5.41, 5.74) is 0. The van der Waals surface area contributed by atoms with Crippen LogP contribution in [-0.4, -0.2) is 142 Å². The molecular weight excluding hydrogens is 973 g/mol. The lowest BCUT2D eigenvalue weighted by Gasteiger charge is -2.42. The van der Waals surface area contributed by atoms with Gasteiger partial charge in [-0.15, -0.1) is 0 Å². The van der Waals surface area contributed by atoms with Crippen molar-refractivity contribution in [1.29, 1.82) is 0 Å². The van der Waals surface area contributed by atoms with E-state index in [4.69, 9.17) is 28.4 Å². The summed E-state index contributed by atoms with van der Waals surface area (Å²) in [5.74, 6) is -0.919. The Morgan fingerprint density at radius 1 is 0.421 bits per heavy atom. The fourth-order valence-corrected chi connectivity index (χ4v) is 9.90. The topological polar surface area (TPSA) is 231 Å². The molecule has 2 aliphatic rings. The summed E-state index contributed by atoms with van der Waals surface area (Å²) in [6.45, 7) is 2.62. The Balaban J connectivity index is 1.72. The Labute approximate surface area is 460 Å². The number of hydrogen-bond acceptors (Lipinski definition) is 15. The molecule has 2 aliphatic heterocycles. The third-order valence-electron chi connectivity index (χ3n) is 14.9. The predicted molar refractivity (Wildman–Crippen MR) is 298 cm³/mol. The van der Waals surface area contributed by atoms with Crippen LogP contribution in [0.2, 0.25) is 0 Å². The van der Waals surface area contributed by atoms with Gasteiger partial charge in [-0.25, -0.2) is 0 Å². The number of ether oxygens (including phenoxy) is 6. The van der Waals surface area contributed by atoms with Crippen molar-refractivity contribution in [2.45, 2.75) is 325 Å². The fourth-order valence-electron chi connectivity index (χ4n) is 9.90. The van der Waals surface area contributed by atoms with Gasteiger partial charge in [0.25, 0.3) is 0 Å². The first kappa shape index (κ1) is 70.1. The van der Waals surface area contributed by atoms with Crippen LogP contribution in [0.1, 0.15) is 258 Å². The van der Waals surface area contributed by atoms with Gasteiger partial charge in [-0.3, -0.25) is 9.59 Å². The van der Waals surface area contributed by atoms with E-state index < -0.39 is 92.7 Å². The number of rotatable bonds is 50. The van der Waals surface area contributed by atoms with Gasteiger partial charge in [-0.05, 0) is 44.9 Å². The summed E-state index contributed by atoms with van der Waals surface area (Å²) in [4.78, 5) is 25.9. The first-order valence-corrected chi connectivity index (χ1v) is 30.9. The van der Waals surface area contributed by atoms with Crippen LogP contribution < -0.4 is 0 Å². The van der Waals surface area contributed by atoms with Crippen LogP contribution >= 0.6 is 0 Å². The molecule has 0 radical (unpaired) electrons. The molecule has 0 bridgehead atoms. The normalized spacial score (nSPS) is 24.4. The minimum atomic E-state index is -1.76. The summed E-state index contributed by atoms with van der Waals surface area (Å²) in [7, 11) is 0. The van der Waals surface area contributed by atoms with E-state index in [0.717, 1.165) is 64.2 Å². The number of unbranched alkanes of at least 4 members (excludes halogenated alkanes) is 32. The summed E-state index contributed by atoms with van der Waals surface area (Å²) >= 11 is 0. The lowest BCUT2D eigenvalue weighted by Crippen LogP contribution is -2.61. The van der Waals surface area contributed by atoms with Crippen molar-refractivity contribution in [2.75, 3.05) is 26.4 Å². The fraction of sp³-hybridized carbons (Fsp3) is 0.902. The van der Waals surface area contributed by atoms with Gasteiger partial charge >= 0.3 is 11.9 Å². The minimum absolute atomic E-state index is 0.159. The first-order valence-electron chi connectivity index (χ1n) is 30.9. The van der Waals surface area contributed by atoms with E-state index in [-0.39, 0.29) is 26.1 Å². The molecule has 11 unspecified atom stereocenters. The molecule has 0 amide bonds. The van der Waals surface area contributed by atoms with Crippen molar-refractivity contribution in [3.63, 3.8) is 0 Å². The number of carbonyl (C=O) groups is 2. The van der Waals surface area contributed by atoms with Gasteiger partial charge in [0, 0.05) is 12.8 Å². The van der Waals surface area contributed by atoms with Crippen LogP contribution in [-0.2, 0) is 38.0 Å². The number of carbonyl (C=O) groups excluding carboxylic acids is 2. The predicted octanol–water partition coefficient (Wildman–Crippen LogP) is 11.1. The molecule has 76 heavy (non-hydrogen) atoms. The standard InChI is InChI=1S/C61H112O15/c1-3-5-7-9-11-13-15-17-19-21-23-24-25-26-28-29-31-33-35-37-39-41-43-52(63)71-46-49(74-53(64)44-42-40-38-36-34-32-30-27-22-20-18-16-14-12-10-8-6-4-2)47-72-60-59(70)57(68)55(66)51(76-60)48-73-61-58(69)56(67)54(65)50(45-62)75-61/h14,16,20,22,49-51,54-62,65-70H,3-13,15,17-19,21,23-48H2,1-2H3/b16-14-,22-20-. The van der Waals surface area contributed by atoms with Gasteiger partial charge in [0.05, 0.1) is 19.8 Å². The maximum atomic E-state index is 13.1. The zero-order valence-electron chi connectivity index (χ0n) is 47.8. The zero-order valence-corrected chi connectivity index (χ0v) is 47.8. The number of hydrogen-bond donors (Lipinski definition) is 7. The number of aliphatic hydroxyl groups is 7. The van der Waals surface area contributed by atoms with Crippen LogP contribution in [0.15, 0.2) is 24.3 Å². The van der Waals surface area contributed by atoms with Gasteiger partial charge in [0.2, 0.25) is 0 Å². The Hall–Kier alpha value is -2.02. The SMILES string of the molecule is CCCCCC/C=C\C/C=C\CCCCCCCCCC(=O)OC(COC(=O)CCCCCCCCCCCCCCCCCCCCCCCC)COC1OC(COC2OC(CO)C(O)C(O)C2O)C(O)C(O)C1O. The molecule has 0 aromatic rings. The number of allylic oxidation sites excluding steroid dienone is 4. The van der Waals surface area contributed by atoms with Crippen LogP contribution in [0.5, 0.6) is 0 Å². The molecular formula is C61H112O15. The molecule has 2 heterocycles. The van der Waals surface area contributed by atoms with Crippen molar-refractivity contribution in [1.82, 2.24) is 0 Å². The average molecular weight is 1090 g/mol. The Morgan fingerprint density at radius 3 is 1.24 bits per heavy atom. The summed E-state index contributed by atoms with van der Waals surface area (Å²) in [5, 5.41) is 72.4. The second-order valence-corrected chi connectivity index (χ2v) is 21.9. The summed E-state index contributed by atoms with van der Waals surface area (Å²) in [6, 6.07) is 0. The molecule has 0 saturated carbocycles. The summed E-state index contributed by atoms with van der Waals surface area (Å²) in [6.07, 6.45) is 36.3. The lowest BCUT2D eigenvalue weighted by atomic mass is 9.98. The molecule has 11 atom stereocenters. The van der Waals surface area contributed by atoms with Crippen molar-refractivity contribution in [3.8, 4) is 0 Å². The van der Waals surface area contributed by atoms with Crippen LogP contribution in [0.25, 0.3) is 0 Å². The Bertz CT molecular complexity index is 1410. The van der Waals surface area contributed by atoms with Crippen molar-refractivity contribution >= 4 is 11.9 Å². The Morgan fingerprint density at radius 2 is 0.789 bits per heavy atom. The van der Waals surface area contributed by atoms with E-state index in [0.29, 0.717) is 12.8 Å². The van der Waals surface area contributed by atoms with Gasteiger partial charge in [0.1, 0.15) is 55.4 Å². The van der Waals surface area contributed by atoms with E-state index in [1.807, 2.05) is 0 Å². The molecule has 0 spiro atoms. The molecule has 0 aliphatic carbocycles. The zero-order chi connectivity index (χ0) is 55.3. The monoisotopic (exact) mass is 1080 g/mol. The van der Waals surface area contributed by atoms with Crippen molar-refractivity contribution in [3.05, 3.63) is 24.3 Å². The molecule has 2 saturated heterocycles. The van der Waals surface area contributed by atoms with Gasteiger partial charge in [0.15, 0.2) is 18.7 Å². The molecule has 15 nitrogen and oxygen atoms in total. The smallest absolute Gasteiger partial charge is 0.306 e. The van der Waals surface area contributed by atoms with E-state index in [1.54, 1.807) is 0 Å². The highest BCUT2D eigenvalue weighted by Crippen LogP contribution is 2.27. The molecule has 2 rings (SSSR count). The molecule has 15 heteroatoms. The van der Waals surface area contributed by atoms with Crippen LogP contribution in [0.4, 0.5) is 0 Å². The average Bonchev–Trinajstić information content (AvgIpc) is 3.41. The van der Waals surface area contributed by atoms with Gasteiger partial charge in [-0.1, -0.05) is 224 Å². The van der Waals surface area contributed by atoms with E-state index in [2.05, 4.69) is 38.2 Å². The van der Waals surface area contributed by atoms with Gasteiger partial charge in [-0.2, -0.15) is 0 Å². The lowest BCUT2D eigenvalue weighted by molar-refractivity contribution is -0.332. The highest BCUT2D eigenvalue weighted by atomic mass is 16.7. The van der Waals surface area contributed by atoms with Crippen molar-refractivity contribution < 1.29 is 73.8 Å². The third-order valence-corrected chi connectivity index (χ3v) is 14.9. The van der Waals surface area contributed by atoms with Gasteiger partial charge < -0.3 is 64.2 Å². The van der Waals surface area contributed by atoms with E-state index >= 15 is 0 Å². The largest absolute Gasteiger partial charge is 0.462 e. The molecule has 0 aromatic carbocycles. The molecule has 446 valence electrons. The third kappa shape index (κ3) is 34.2. The quantitative estimate of drug-likeness (QED) is 0.0171. The second-order valence-electron chi connectivity index (χ2n) is 21.9. The maximum absolute atomic E-state index is 13.1. The van der Waals surface area contributed by atoms with E-state index in [9.17, 15) is 45.3 Å².